The summed E-state index contributed by atoms with van der Waals surface area (Å²) in [5.74, 6) is -2.01. The van der Waals surface area contributed by atoms with Crippen LogP contribution < -0.4 is 10.1 Å². The highest BCUT2D eigenvalue weighted by atomic mass is 79.9. The Morgan fingerprint density at radius 1 is 1.35 bits per heavy atom. The first kappa shape index (κ1) is 17.7. The second-order valence-electron chi connectivity index (χ2n) is 5.39. The first-order chi connectivity index (χ1) is 10.9. The fraction of sp³-hybridized carbons (Fsp3) is 0.467. The molecule has 0 heterocycles. The zero-order valence-corrected chi connectivity index (χ0v) is 13.7. The van der Waals surface area contributed by atoms with Gasteiger partial charge in [0.05, 0.1) is 5.92 Å². The second kappa shape index (κ2) is 7.72. The topological polar surface area (TPSA) is 75.6 Å². The van der Waals surface area contributed by atoms with Crippen molar-refractivity contribution in [3.63, 3.8) is 0 Å². The molecule has 0 spiro atoms. The van der Waals surface area contributed by atoms with Crippen LogP contribution >= 0.6 is 15.9 Å². The molecule has 1 aliphatic carbocycles. The van der Waals surface area contributed by atoms with E-state index in [1.165, 1.54) is 6.07 Å². The number of halogens is 3. The summed E-state index contributed by atoms with van der Waals surface area (Å²) >= 11 is 3.24. The van der Waals surface area contributed by atoms with Gasteiger partial charge in [0.15, 0.2) is 0 Å². The number of hydrogen-bond acceptors (Lipinski definition) is 3. The van der Waals surface area contributed by atoms with Crippen LogP contribution in [0.2, 0.25) is 0 Å². The van der Waals surface area contributed by atoms with E-state index in [2.05, 4.69) is 26.0 Å². The van der Waals surface area contributed by atoms with Crippen LogP contribution in [0, 0.1) is 11.8 Å². The molecule has 23 heavy (non-hydrogen) atoms. The van der Waals surface area contributed by atoms with Crippen LogP contribution in [0.3, 0.4) is 0 Å². The van der Waals surface area contributed by atoms with E-state index in [1.54, 1.807) is 12.1 Å². The van der Waals surface area contributed by atoms with Gasteiger partial charge in [0.2, 0.25) is 5.91 Å². The van der Waals surface area contributed by atoms with Crippen molar-refractivity contribution in [3.8, 4) is 5.75 Å². The molecule has 5 nitrogen and oxygen atoms in total. The predicted molar refractivity (Wildman–Crippen MR) is 81.1 cm³/mol. The molecule has 0 radical (unpaired) electrons. The quantitative estimate of drug-likeness (QED) is 0.780. The Morgan fingerprint density at radius 2 is 2.04 bits per heavy atom. The summed E-state index contributed by atoms with van der Waals surface area (Å²) in [6.45, 7) is -2.91. The lowest BCUT2D eigenvalue weighted by molar-refractivity contribution is -0.141. The van der Waals surface area contributed by atoms with E-state index in [1.807, 2.05) is 0 Å². The Balaban J connectivity index is 1.96. The smallest absolute Gasteiger partial charge is 0.387 e. The number of ether oxygens (including phenoxy) is 1. The van der Waals surface area contributed by atoms with Crippen LogP contribution in [0.25, 0.3) is 0 Å². The monoisotopic (exact) mass is 391 g/mol. The summed E-state index contributed by atoms with van der Waals surface area (Å²) in [7, 11) is 0. The highest BCUT2D eigenvalue weighted by Crippen LogP contribution is 2.31. The fourth-order valence-corrected chi connectivity index (χ4v) is 3.08. The van der Waals surface area contributed by atoms with Crippen molar-refractivity contribution < 1.29 is 28.2 Å². The minimum atomic E-state index is -2.95. The number of carboxylic acids is 1. The fourth-order valence-electron chi connectivity index (χ4n) is 2.67. The Hall–Kier alpha value is -1.70. The lowest BCUT2D eigenvalue weighted by Gasteiger charge is -2.14. The molecule has 1 aromatic rings. The van der Waals surface area contributed by atoms with Crippen molar-refractivity contribution in [2.75, 3.05) is 0 Å². The van der Waals surface area contributed by atoms with Gasteiger partial charge in [-0.3, -0.25) is 9.59 Å². The molecule has 8 heteroatoms. The van der Waals surface area contributed by atoms with E-state index in [0.29, 0.717) is 29.3 Å². The molecule has 2 rings (SSSR count). The molecule has 126 valence electrons. The van der Waals surface area contributed by atoms with E-state index in [9.17, 15) is 18.4 Å². The molecule has 1 aliphatic rings. The average Bonchev–Trinajstić information content (AvgIpc) is 2.97. The molecule has 0 bridgehead atoms. The van der Waals surface area contributed by atoms with Crippen LogP contribution in [0.4, 0.5) is 8.78 Å². The normalized spacial score (nSPS) is 20.5. The average molecular weight is 392 g/mol. The summed E-state index contributed by atoms with van der Waals surface area (Å²) in [4.78, 5) is 23.0. The van der Waals surface area contributed by atoms with E-state index in [0.717, 1.165) is 0 Å². The van der Waals surface area contributed by atoms with Gasteiger partial charge in [0, 0.05) is 22.5 Å². The van der Waals surface area contributed by atoms with E-state index in [-0.39, 0.29) is 24.1 Å². The van der Waals surface area contributed by atoms with Crippen molar-refractivity contribution in [1.82, 2.24) is 5.32 Å². The van der Waals surface area contributed by atoms with Gasteiger partial charge in [0.1, 0.15) is 5.75 Å². The summed E-state index contributed by atoms with van der Waals surface area (Å²) in [6, 6.07) is 4.55. The van der Waals surface area contributed by atoms with Crippen molar-refractivity contribution in [3.05, 3.63) is 28.2 Å². The molecule has 2 N–H and O–H groups in total. The zero-order valence-electron chi connectivity index (χ0n) is 12.1. The summed E-state index contributed by atoms with van der Waals surface area (Å²) in [6.07, 6.45) is 1.30. The largest absolute Gasteiger partial charge is 0.481 e. The number of hydrogen-bond donors (Lipinski definition) is 2. The molecular weight excluding hydrogens is 376 g/mol. The van der Waals surface area contributed by atoms with Gasteiger partial charge < -0.3 is 15.2 Å². The number of benzene rings is 1. The minimum Gasteiger partial charge on any atom is -0.481 e. The number of alkyl halides is 2. The summed E-state index contributed by atoms with van der Waals surface area (Å²) in [5.41, 5.74) is 0.417. The van der Waals surface area contributed by atoms with E-state index in [4.69, 9.17) is 5.11 Å². The molecule has 2 atom stereocenters. The molecule has 1 saturated carbocycles. The first-order valence-corrected chi connectivity index (χ1v) is 7.90. The number of nitrogens with one attached hydrogen (secondary N) is 1. The van der Waals surface area contributed by atoms with Crippen molar-refractivity contribution in [1.29, 1.82) is 0 Å². The van der Waals surface area contributed by atoms with Crippen molar-refractivity contribution in [2.24, 2.45) is 11.8 Å². The number of rotatable bonds is 6. The van der Waals surface area contributed by atoms with Crippen molar-refractivity contribution in [2.45, 2.75) is 32.4 Å². The number of carboxylic acid groups (broad SMARTS) is 1. The highest BCUT2D eigenvalue weighted by molar-refractivity contribution is 9.10. The third-order valence-electron chi connectivity index (χ3n) is 3.84. The molecule has 1 fully saturated rings. The van der Waals surface area contributed by atoms with Gasteiger partial charge >= 0.3 is 12.6 Å². The molecular formula is C15H16BrF2NO4. The van der Waals surface area contributed by atoms with Gasteiger partial charge in [0.25, 0.3) is 0 Å². The van der Waals surface area contributed by atoms with E-state index >= 15 is 0 Å². The Bertz CT molecular complexity index is 597. The van der Waals surface area contributed by atoms with Gasteiger partial charge in [-0.25, -0.2) is 0 Å². The predicted octanol–water partition coefficient (Wildman–Crippen LogP) is 3.17. The van der Waals surface area contributed by atoms with Crippen LogP contribution in [-0.4, -0.2) is 23.6 Å². The number of carbonyl (C=O) groups excluding carboxylic acids is 1. The van der Waals surface area contributed by atoms with Gasteiger partial charge in [-0.05, 0) is 37.5 Å². The maximum absolute atomic E-state index is 12.4. The molecule has 1 amide bonds. The molecule has 1 aromatic carbocycles. The maximum atomic E-state index is 12.4. The Kier molecular flexibility index (Phi) is 5.92. The van der Waals surface area contributed by atoms with Gasteiger partial charge in [-0.2, -0.15) is 8.78 Å². The number of carbonyl (C=O) groups is 2. The Morgan fingerprint density at radius 3 is 2.65 bits per heavy atom. The summed E-state index contributed by atoms with van der Waals surface area (Å²) in [5, 5.41) is 11.6. The van der Waals surface area contributed by atoms with Crippen LogP contribution in [-0.2, 0) is 16.1 Å². The molecule has 0 saturated heterocycles. The third-order valence-corrected chi connectivity index (χ3v) is 4.34. The SMILES string of the molecule is O=C(O)[C@@H]1CC[C@H](C(=O)NCc2cc(Br)ccc2OC(F)F)C1. The second-order valence-corrected chi connectivity index (χ2v) is 6.31. The van der Waals surface area contributed by atoms with E-state index < -0.39 is 18.5 Å². The standard InChI is InChI=1S/C15H16BrF2NO4/c16-11-3-4-12(23-15(17)18)10(6-11)7-19-13(20)8-1-2-9(5-8)14(21)22/h3-4,6,8-9,15H,1-2,5,7H2,(H,19,20)(H,21,22)/t8-,9+/m0/s1. The number of aliphatic carboxylic acids is 1. The van der Waals surface area contributed by atoms with Crippen LogP contribution in [0.5, 0.6) is 5.75 Å². The van der Waals surface area contributed by atoms with Crippen LogP contribution in [0.1, 0.15) is 24.8 Å². The van der Waals surface area contributed by atoms with Gasteiger partial charge in [-0.15, -0.1) is 0 Å². The first-order valence-electron chi connectivity index (χ1n) is 7.10. The van der Waals surface area contributed by atoms with Crippen LogP contribution in [0.15, 0.2) is 22.7 Å². The minimum absolute atomic E-state index is 0.00154. The lowest BCUT2D eigenvalue weighted by Crippen LogP contribution is -2.29. The van der Waals surface area contributed by atoms with Crippen molar-refractivity contribution >= 4 is 27.8 Å². The summed E-state index contributed by atoms with van der Waals surface area (Å²) < 4.78 is 29.9. The number of amides is 1. The third kappa shape index (κ3) is 4.89. The highest BCUT2D eigenvalue weighted by Gasteiger charge is 2.33. The zero-order chi connectivity index (χ0) is 17.0. The Labute approximate surface area is 140 Å². The molecule has 0 unspecified atom stereocenters. The molecule has 0 aromatic heterocycles. The lowest BCUT2D eigenvalue weighted by atomic mass is 10.0. The van der Waals surface area contributed by atoms with Gasteiger partial charge in [-0.1, -0.05) is 15.9 Å². The maximum Gasteiger partial charge on any atom is 0.387 e. The molecule has 0 aliphatic heterocycles.